The van der Waals surface area contributed by atoms with E-state index in [0.717, 1.165) is 24.3 Å². The van der Waals surface area contributed by atoms with Crippen LogP contribution in [0.25, 0.3) is 22.4 Å². The third-order valence-corrected chi connectivity index (χ3v) is 4.95. The van der Waals surface area contributed by atoms with E-state index in [1.165, 1.54) is 10.8 Å². The third kappa shape index (κ3) is 3.56. The number of morpholine rings is 1. The molecular formula is C21H26N4O5. The first-order chi connectivity index (χ1) is 14.2. The van der Waals surface area contributed by atoms with Crippen LogP contribution in [0, 0.1) is 6.92 Å². The van der Waals surface area contributed by atoms with Crippen LogP contribution in [0.5, 0.6) is 11.6 Å². The van der Waals surface area contributed by atoms with Crippen molar-refractivity contribution in [3.63, 3.8) is 0 Å². The van der Waals surface area contributed by atoms with Gasteiger partial charge in [0.1, 0.15) is 16.9 Å². The highest BCUT2D eigenvalue weighted by Crippen LogP contribution is 2.39. The highest BCUT2D eigenvalue weighted by atomic mass is 16.6. The van der Waals surface area contributed by atoms with Gasteiger partial charge in [-0.1, -0.05) is 0 Å². The van der Waals surface area contributed by atoms with Gasteiger partial charge in [0.2, 0.25) is 5.88 Å². The Labute approximate surface area is 173 Å². The van der Waals surface area contributed by atoms with E-state index in [0.29, 0.717) is 24.2 Å². The molecule has 30 heavy (non-hydrogen) atoms. The van der Waals surface area contributed by atoms with Gasteiger partial charge in [-0.15, -0.1) is 0 Å². The molecule has 1 aromatic carbocycles. The van der Waals surface area contributed by atoms with Crippen molar-refractivity contribution >= 4 is 22.8 Å². The molecule has 0 saturated carbocycles. The number of nitrogens with zero attached hydrogens (tertiary/aromatic N) is 3. The summed E-state index contributed by atoms with van der Waals surface area (Å²) in [5.74, 6) is -0.380. The minimum Gasteiger partial charge on any atom is -0.505 e. The summed E-state index contributed by atoms with van der Waals surface area (Å²) >= 11 is 0. The maximum atomic E-state index is 13.2. The standard InChI is InChI=1S/C21H26N4O5/c1-12-9-13(24-5-7-29-8-6-24)10-14-17(12)23-18(16-15(26)11-22-19(16)27)25(14)20(28)30-21(2,3)4/h9-11,22,26-27H,5-8H2,1-4H3. The lowest BCUT2D eigenvalue weighted by Crippen LogP contribution is -2.36. The SMILES string of the molecule is Cc1cc(N2CCOCC2)cc2c1nc(-c1c(O)c[nH]c1O)n2C(=O)OC(C)(C)C. The van der Waals surface area contributed by atoms with Crippen LogP contribution in [0.3, 0.4) is 0 Å². The van der Waals surface area contributed by atoms with Crippen LogP contribution >= 0.6 is 0 Å². The monoisotopic (exact) mass is 414 g/mol. The van der Waals surface area contributed by atoms with Gasteiger partial charge in [-0.2, -0.15) is 0 Å². The van der Waals surface area contributed by atoms with E-state index in [4.69, 9.17) is 9.47 Å². The molecule has 4 rings (SSSR count). The molecule has 3 heterocycles. The summed E-state index contributed by atoms with van der Waals surface area (Å²) in [6.07, 6.45) is 0.605. The summed E-state index contributed by atoms with van der Waals surface area (Å²) < 4.78 is 12.4. The van der Waals surface area contributed by atoms with Gasteiger partial charge in [0, 0.05) is 25.0 Å². The number of ether oxygens (including phenoxy) is 2. The number of aromatic amines is 1. The summed E-state index contributed by atoms with van der Waals surface area (Å²) in [6.45, 7) is 10.0. The number of fused-ring (bicyclic) bond motifs is 1. The predicted octanol–water partition coefficient (Wildman–Crippen LogP) is 3.37. The Kier molecular flexibility index (Phi) is 4.85. The maximum absolute atomic E-state index is 13.2. The number of nitrogens with one attached hydrogen (secondary N) is 1. The number of aryl methyl sites for hydroxylation is 1. The molecule has 1 saturated heterocycles. The van der Waals surface area contributed by atoms with Gasteiger partial charge >= 0.3 is 6.09 Å². The molecule has 2 aromatic heterocycles. The molecule has 9 heteroatoms. The third-order valence-electron chi connectivity index (χ3n) is 4.95. The largest absolute Gasteiger partial charge is 0.505 e. The van der Waals surface area contributed by atoms with Gasteiger partial charge < -0.3 is 29.6 Å². The lowest BCUT2D eigenvalue weighted by atomic mass is 10.1. The number of hydrogen-bond acceptors (Lipinski definition) is 7. The zero-order valence-corrected chi connectivity index (χ0v) is 17.5. The van der Waals surface area contributed by atoms with Crippen LogP contribution in [0.4, 0.5) is 10.5 Å². The van der Waals surface area contributed by atoms with E-state index >= 15 is 0 Å². The number of anilines is 1. The zero-order chi connectivity index (χ0) is 21.6. The summed E-state index contributed by atoms with van der Waals surface area (Å²) in [5, 5.41) is 20.5. The van der Waals surface area contributed by atoms with E-state index in [2.05, 4.69) is 14.9 Å². The average Bonchev–Trinajstić information content (AvgIpc) is 3.21. The molecular weight excluding hydrogens is 388 g/mol. The van der Waals surface area contributed by atoms with Crippen molar-refractivity contribution in [3.8, 4) is 23.0 Å². The van der Waals surface area contributed by atoms with Crippen molar-refractivity contribution in [2.45, 2.75) is 33.3 Å². The number of aromatic nitrogens is 3. The second-order valence-corrected chi connectivity index (χ2v) is 8.38. The quantitative estimate of drug-likeness (QED) is 0.589. The maximum Gasteiger partial charge on any atom is 0.420 e. The van der Waals surface area contributed by atoms with Crippen LogP contribution in [-0.4, -0.2) is 62.7 Å². The second-order valence-electron chi connectivity index (χ2n) is 8.38. The molecule has 1 fully saturated rings. The molecule has 0 atom stereocenters. The number of hydrogen-bond donors (Lipinski definition) is 3. The van der Waals surface area contributed by atoms with Crippen LogP contribution in [0.15, 0.2) is 18.3 Å². The molecule has 0 spiro atoms. The number of H-pyrrole nitrogens is 1. The average molecular weight is 414 g/mol. The predicted molar refractivity (Wildman–Crippen MR) is 112 cm³/mol. The number of imidazole rings is 1. The fraction of sp³-hybridized carbons (Fsp3) is 0.429. The number of rotatable bonds is 2. The van der Waals surface area contributed by atoms with E-state index in [1.54, 1.807) is 20.8 Å². The molecule has 0 bridgehead atoms. The summed E-state index contributed by atoms with van der Waals surface area (Å²) in [4.78, 5) is 22.5. The fourth-order valence-electron chi connectivity index (χ4n) is 3.62. The van der Waals surface area contributed by atoms with Crippen molar-refractivity contribution in [2.75, 3.05) is 31.2 Å². The Morgan fingerprint density at radius 2 is 1.93 bits per heavy atom. The van der Waals surface area contributed by atoms with E-state index < -0.39 is 11.7 Å². The number of carbonyl (C=O) groups is 1. The van der Waals surface area contributed by atoms with Gasteiger partial charge in [0.15, 0.2) is 5.82 Å². The Hall–Kier alpha value is -3.20. The first-order valence-corrected chi connectivity index (χ1v) is 9.84. The van der Waals surface area contributed by atoms with Crippen molar-refractivity contribution < 1.29 is 24.5 Å². The Morgan fingerprint density at radius 1 is 1.23 bits per heavy atom. The van der Waals surface area contributed by atoms with E-state index in [-0.39, 0.29) is 23.0 Å². The number of benzene rings is 1. The van der Waals surface area contributed by atoms with Crippen molar-refractivity contribution in [1.29, 1.82) is 0 Å². The normalized spacial score (nSPS) is 15.0. The molecule has 3 N–H and O–H groups in total. The Bertz CT molecular complexity index is 1080. The van der Waals surface area contributed by atoms with Gasteiger partial charge in [-0.05, 0) is 45.4 Å². The van der Waals surface area contributed by atoms with Gasteiger partial charge in [0.25, 0.3) is 0 Å². The van der Waals surface area contributed by atoms with Crippen LogP contribution in [0.1, 0.15) is 26.3 Å². The topological polar surface area (TPSA) is 113 Å². The van der Waals surface area contributed by atoms with Gasteiger partial charge in [0.05, 0.1) is 24.2 Å². The van der Waals surface area contributed by atoms with Gasteiger partial charge in [-0.25, -0.2) is 14.3 Å². The molecule has 0 aliphatic carbocycles. The summed E-state index contributed by atoms with van der Waals surface area (Å²) in [6, 6.07) is 3.90. The number of aromatic hydroxyl groups is 2. The first-order valence-electron chi connectivity index (χ1n) is 9.84. The van der Waals surface area contributed by atoms with Crippen LogP contribution in [-0.2, 0) is 9.47 Å². The Morgan fingerprint density at radius 3 is 2.53 bits per heavy atom. The molecule has 3 aromatic rings. The lowest BCUT2D eigenvalue weighted by molar-refractivity contribution is 0.0546. The summed E-state index contributed by atoms with van der Waals surface area (Å²) in [5.41, 5.74) is 2.26. The highest BCUT2D eigenvalue weighted by Gasteiger charge is 2.28. The first kappa shape index (κ1) is 20.1. The highest BCUT2D eigenvalue weighted by molar-refractivity contribution is 5.96. The molecule has 0 radical (unpaired) electrons. The molecule has 1 aliphatic heterocycles. The smallest absolute Gasteiger partial charge is 0.420 e. The summed E-state index contributed by atoms with van der Waals surface area (Å²) in [7, 11) is 0. The zero-order valence-electron chi connectivity index (χ0n) is 17.5. The van der Waals surface area contributed by atoms with E-state index in [9.17, 15) is 15.0 Å². The molecule has 0 amide bonds. The molecule has 160 valence electrons. The minimum atomic E-state index is -0.732. The van der Waals surface area contributed by atoms with Crippen molar-refractivity contribution in [2.24, 2.45) is 0 Å². The van der Waals surface area contributed by atoms with E-state index in [1.807, 2.05) is 19.1 Å². The van der Waals surface area contributed by atoms with Gasteiger partial charge in [-0.3, -0.25) is 0 Å². The molecule has 1 aliphatic rings. The minimum absolute atomic E-state index is 0.0457. The van der Waals surface area contributed by atoms with Crippen LogP contribution in [0.2, 0.25) is 0 Å². The number of carbonyl (C=O) groups excluding carboxylic acids is 1. The van der Waals surface area contributed by atoms with Crippen molar-refractivity contribution in [3.05, 3.63) is 23.9 Å². The molecule has 0 unspecified atom stereocenters. The lowest BCUT2D eigenvalue weighted by Gasteiger charge is -2.29. The molecule has 9 nitrogen and oxygen atoms in total. The Balaban J connectivity index is 1.95. The van der Waals surface area contributed by atoms with Crippen molar-refractivity contribution in [1.82, 2.24) is 14.5 Å². The van der Waals surface area contributed by atoms with Crippen LogP contribution < -0.4 is 4.90 Å². The second kappa shape index (κ2) is 7.24. The fourth-order valence-corrected chi connectivity index (χ4v) is 3.62.